The quantitative estimate of drug-likeness (QED) is 0.140. The van der Waals surface area contributed by atoms with Crippen molar-refractivity contribution in [3.8, 4) is 17.2 Å². The first-order valence-electron chi connectivity index (χ1n) is 10.1. The molecule has 0 amide bonds. The van der Waals surface area contributed by atoms with Crippen molar-refractivity contribution in [3.05, 3.63) is 112 Å². The monoisotopic (exact) mass is 445 g/mol. The van der Waals surface area contributed by atoms with Crippen molar-refractivity contribution < 1.29 is 23.9 Å². The van der Waals surface area contributed by atoms with E-state index >= 15 is 0 Å². The van der Waals surface area contributed by atoms with Gasteiger partial charge in [-0.3, -0.25) is 14.9 Å². The highest BCUT2D eigenvalue weighted by atomic mass is 16.6. The van der Waals surface area contributed by atoms with Gasteiger partial charge in [0.2, 0.25) is 0 Å². The Morgan fingerprint density at radius 1 is 0.879 bits per heavy atom. The van der Waals surface area contributed by atoms with E-state index in [-0.39, 0.29) is 17.9 Å². The number of methoxy groups -OCH3 is 2. The summed E-state index contributed by atoms with van der Waals surface area (Å²) in [5, 5.41) is 10.7. The maximum atomic E-state index is 12.1. The average molecular weight is 445 g/mol. The first kappa shape index (κ1) is 23.3. The molecule has 0 saturated heterocycles. The molecule has 0 unspecified atom stereocenters. The van der Waals surface area contributed by atoms with E-state index in [1.165, 1.54) is 24.3 Å². The van der Waals surface area contributed by atoms with Crippen LogP contribution in [0.15, 0.2) is 91.0 Å². The predicted molar refractivity (Wildman–Crippen MR) is 126 cm³/mol. The van der Waals surface area contributed by atoms with Crippen molar-refractivity contribution in [1.29, 1.82) is 0 Å². The Hall–Kier alpha value is -4.39. The van der Waals surface area contributed by atoms with Gasteiger partial charge < -0.3 is 14.2 Å². The van der Waals surface area contributed by atoms with Crippen LogP contribution >= 0.6 is 0 Å². The van der Waals surface area contributed by atoms with Gasteiger partial charge in [-0.2, -0.15) is 0 Å². The fourth-order valence-corrected chi connectivity index (χ4v) is 3.08. The van der Waals surface area contributed by atoms with Crippen molar-refractivity contribution in [2.75, 3.05) is 14.2 Å². The van der Waals surface area contributed by atoms with Crippen LogP contribution in [0.3, 0.4) is 0 Å². The molecule has 0 aliphatic heterocycles. The van der Waals surface area contributed by atoms with Gasteiger partial charge in [0.1, 0.15) is 17.2 Å². The second kappa shape index (κ2) is 11.3. The molecule has 0 fully saturated rings. The number of nitro groups is 1. The second-order valence-electron chi connectivity index (χ2n) is 6.90. The number of nitrogens with zero attached hydrogens (tertiary/aromatic N) is 1. The van der Waals surface area contributed by atoms with Crippen LogP contribution in [0.4, 0.5) is 5.69 Å². The Kier molecular flexibility index (Phi) is 7.96. The molecule has 0 saturated carbocycles. The lowest BCUT2D eigenvalue weighted by atomic mass is 9.97. The van der Waals surface area contributed by atoms with Crippen molar-refractivity contribution in [2.24, 2.45) is 0 Å². The third-order valence-electron chi connectivity index (χ3n) is 4.72. The van der Waals surface area contributed by atoms with Crippen molar-refractivity contribution in [2.45, 2.75) is 6.42 Å². The highest BCUT2D eigenvalue weighted by Gasteiger charge is 2.09. The SMILES string of the molecule is COc1cccc(C(=C/C=C/CC(=O)Oc2ccc([N+](=O)[O-])cc2)c2cccc(OC)c2)c1. The van der Waals surface area contributed by atoms with Gasteiger partial charge in [0, 0.05) is 12.1 Å². The minimum atomic E-state index is -0.511. The first-order chi connectivity index (χ1) is 16.0. The summed E-state index contributed by atoms with van der Waals surface area (Å²) in [7, 11) is 3.23. The highest BCUT2D eigenvalue weighted by Crippen LogP contribution is 2.28. The van der Waals surface area contributed by atoms with Gasteiger partial charge in [0.05, 0.1) is 25.6 Å². The van der Waals surface area contributed by atoms with Crippen LogP contribution in [0, 0.1) is 10.1 Å². The molecule has 0 N–H and O–H groups in total. The fourth-order valence-electron chi connectivity index (χ4n) is 3.08. The average Bonchev–Trinajstić information content (AvgIpc) is 2.84. The van der Waals surface area contributed by atoms with E-state index in [2.05, 4.69) is 0 Å². The normalized spacial score (nSPS) is 10.5. The third kappa shape index (κ3) is 6.54. The van der Waals surface area contributed by atoms with E-state index in [1.54, 1.807) is 26.4 Å². The van der Waals surface area contributed by atoms with Gasteiger partial charge in [-0.25, -0.2) is 0 Å². The Morgan fingerprint density at radius 3 is 1.97 bits per heavy atom. The molecular formula is C26H23NO6. The number of hydrogen-bond donors (Lipinski definition) is 0. The molecule has 3 aromatic rings. The van der Waals surface area contributed by atoms with Crippen LogP contribution in [0.5, 0.6) is 17.2 Å². The number of nitro benzene ring substituents is 1. The van der Waals surface area contributed by atoms with Gasteiger partial charge >= 0.3 is 5.97 Å². The number of esters is 1. The molecule has 0 radical (unpaired) electrons. The molecule has 0 aliphatic rings. The lowest BCUT2D eigenvalue weighted by molar-refractivity contribution is -0.384. The van der Waals surface area contributed by atoms with E-state index in [4.69, 9.17) is 14.2 Å². The predicted octanol–water partition coefficient (Wildman–Crippen LogP) is 5.60. The summed E-state index contributed by atoms with van der Waals surface area (Å²) in [5.41, 5.74) is 2.75. The summed E-state index contributed by atoms with van der Waals surface area (Å²) in [6.45, 7) is 0. The summed E-state index contributed by atoms with van der Waals surface area (Å²) < 4.78 is 15.9. The molecule has 0 atom stereocenters. The molecule has 0 aliphatic carbocycles. The van der Waals surface area contributed by atoms with Crippen LogP contribution in [0.25, 0.3) is 5.57 Å². The molecule has 7 nitrogen and oxygen atoms in total. The molecule has 0 heterocycles. The van der Waals surface area contributed by atoms with Crippen LogP contribution in [0.1, 0.15) is 17.5 Å². The Labute approximate surface area is 191 Å². The van der Waals surface area contributed by atoms with E-state index < -0.39 is 10.9 Å². The molecular weight excluding hydrogens is 422 g/mol. The molecule has 3 aromatic carbocycles. The zero-order valence-corrected chi connectivity index (χ0v) is 18.3. The van der Waals surface area contributed by atoms with Crippen molar-refractivity contribution in [1.82, 2.24) is 0 Å². The van der Waals surface area contributed by atoms with Crippen LogP contribution in [0.2, 0.25) is 0 Å². The topological polar surface area (TPSA) is 87.9 Å². The van der Waals surface area contributed by atoms with Crippen molar-refractivity contribution >= 4 is 17.2 Å². The summed E-state index contributed by atoms with van der Waals surface area (Å²) in [5.74, 6) is 1.25. The Balaban J connectivity index is 1.76. The zero-order valence-electron chi connectivity index (χ0n) is 18.3. The van der Waals surface area contributed by atoms with E-state index in [1.807, 2.05) is 54.6 Å². The van der Waals surface area contributed by atoms with Crippen LogP contribution in [-0.4, -0.2) is 25.1 Å². The largest absolute Gasteiger partial charge is 0.497 e. The summed E-state index contributed by atoms with van der Waals surface area (Å²) in [4.78, 5) is 22.3. The van der Waals surface area contributed by atoms with Gasteiger partial charge in [-0.05, 0) is 53.1 Å². The zero-order chi connectivity index (χ0) is 23.6. The number of allylic oxidation sites excluding steroid dienone is 2. The number of hydrogen-bond acceptors (Lipinski definition) is 6. The molecule has 168 valence electrons. The van der Waals surface area contributed by atoms with Gasteiger partial charge in [0.25, 0.3) is 5.69 Å². The minimum absolute atomic E-state index is 0.0387. The third-order valence-corrected chi connectivity index (χ3v) is 4.72. The number of rotatable bonds is 9. The van der Waals surface area contributed by atoms with Gasteiger partial charge in [-0.15, -0.1) is 0 Å². The highest BCUT2D eigenvalue weighted by molar-refractivity contribution is 5.82. The number of carbonyl (C=O) groups excluding carboxylic acids is 1. The number of carbonyl (C=O) groups is 1. The summed E-state index contributed by atoms with van der Waals surface area (Å²) >= 11 is 0. The molecule has 0 spiro atoms. The maximum absolute atomic E-state index is 12.1. The summed E-state index contributed by atoms with van der Waals surface area (Å²) in [6, 6.07) is 20.7. The molecule has 7 heteroatoms. The van der Waals surface area contributed by atoms with E-state index in [9.17, 15) is 14.9 Å². The fraction of sp³-hybridized carbons (Fsp3) is 0.115. The maximum Gasteiger partial charge on any atom is 0.315 e. The lowest BCUT2D eigenvalue weighted by Crippen LogP contribution is -2.06. The van der Waals surface area contributed by atoms with E-state index in [0.29, 0.717) is 0 Å². The minimum Gasteiger partial charge on any atom is -0.497 e. The van der Waals surface area contributed by atoms with E-state index in [0.717, 1.165) is 28.2 Å². The van der Waals surface area contributed by atoms with Crippen LogP contribution < -0.4 is 14.2 Å². The lowest BCUT2D eigenvalue weighted by Gasteiger charge is -2.11. The molecule has 3 rings (SSSR count). The standard InChI is InChI=1S/C26H23NO6/c1-31-23-9-5-7-19(17-23)25(20-8-6-10-24(18-20)32-2)11-3-4-12-26(28)33-22-15-13-21(14-16-22)27(29)30/h3-11,13-18H,12H2,1-2H3/b4-3+. The number of non-ortho nitro benzene ring substituents is 1. The summed E-state index contributed by atoms with van der Waals surface area (Å²) in [6.07, 6.45) is 5.42. The van der Waals surface area contributed by atoms with Gasteiger partial charge in [0.15, 0.2) is 0 Å². The van der Waals surface area contributed by atoms with Crippen molar-refractivity contribution in [3.63, 3.8) is 0 Å². The molecule has 33 heavy (non-hydrogen) atoms. The molecule has 0 aromatic heterocycles. The smallest absolute Gasteiger partial charge is 0.315 e. The second-order valence-corrected chi connectivity index (χ2v) is 6.90. The van der Waals surface area contributed by atoms with Gasteiger partial charge in [-0.1, -0.05) is 42.5 Å². The first-order valence-corrected chi connectivity index (χ1v) is 10.1. The Bertz CT molecular complexity index is 1130. The Morgan fingerprint density at radius 2 is 1.45 bits per heavy atom. The number of benzene rings is 3. The molecule has 0 bridgehead atoms. The van der Waals surface area contributed by atoms with Crippen LogP contribution in [-0.2, 0) is 4.79 Å². The number of ether oxygens (including phenoxy) is 3.